The molecule has 2 aromatic carbocycles. The molecule has 0 N–H and O–H groups in total. The number of Topliss-reactive ketones (excluding diaryl/α,β-unsaturated/α-hetero) is 1. The van der Waals surface area contributed by atoms with Crippen molar-refractivity contribution in [1.29, 1.82) is 0 Å². The fourth-order valence-electron chi connectivity index (χ4n) is 1.55. The monoisotopic (exact) mass is 335 g/mol. The Bertz CT molecular complexity index is 640. The van der Waals surface area contributed by atoms with Crippen LogP contribution in [0, 0.1) is 10.1 Å². The Hall–Kier alpha value is -2.21. The summed E-state index contributed by atoms with van der Waals surface area (Å²) in [6.45, 7) is -0.164. The summed E-state index contributed by atoms with van der Waals surface area (Å²) in [4.78, 5) is 22.0. The lowest BCUT2D eigenvalue weighted by molar-refractivity contribution is -0.384. The average molecular weight is 336 g/mol. The Labute approximate surface area is 123 Å². The Balaban J connectivity index is 2.01. The summed E-state index contributed by atoms with van der Waals surface area (Å²) in [5.74, 6) is 0.105. The molecule has 0 amide bonds. The number of ether oxygens (including phenoxy) is 1. The Morgan fingerprint density at radius 1 is 1.20 bits per heavy atom. The highest BCUT2D eigenvalue weighted by Gasteiger charge is 2.09. The molecule has 0 saturated carbocycles. The standard InChI is InChI=1S/C14H10BrNO4/c15-11-6-4-10(5-7-11)14(17)9-20-13-3-1-2-12(8-13)16(18)19/h1-8H,9H2. The molecule has 0 atom stereocenters. The largest absolute Gasteiger partial charge is 0.485 e. The molecule has 0 fully saturated rings. The van der Waals surface area contributed by atoms with Crippen LogP contribution in [0.1, 0.15) is 10.4 Å². The van der Waals surface area contributed by atoms with Crippen LogP contribution in [-0.4, -0.2) is 17.3 Å². The molecule has 0 spiro atoms. The molecular weight excluding hydrogens is 326 g/mol. The van der Waals surface area contributed by atoms with Crippen molar-refractivity contribution < 1.29 is 14.5 Å². The maximum absolute atomic E-state index is 11.9. The fourth-order valence-corrected chi connectivity index (χ4v) is 1.82. The summed E-state index contributed by atoms with van der Waals surface area (Å²) in [6.07, 6.45) is 0. The van der Waals surface area contributed by atoms with Crippen LogP contribution < -0.4 is 4.74 Å². The van der Waals surface area contributed by atoms with E-state index in [2.05, 4.69) is 15.9 Å². The van der Waals surface area contributed by atoms with Gasteiger partial charge in [0.25, 0.3) is 5.69 Å². The van der Waals surface area contributed by atoms with Gasteiger partial charge in [0.2, 0.25) is 0 Å². The molecule has 0 aromatic heterocycles. The molecule has 20 heavy (non-hydrogen) atoms. The van der Waals surface area contributed by atoms with Crippen molar-refractivity contribution in [3.8, 4) is 5.75 Å². The summed E-state index contributed by atoms with van der Waals surface area (Å²) >= 11 is 3.29. The molecule has 0 aliphatic rings. The molecule has 102 valence electrons. The van der Waals surface area contributed by atoms with Crippen molar-refractivity contribution >= 4 is 27.4 Å². The van der Waals surface area contributed by atoms with Gasteiger partial charge in [-0.25, -0.2) is 0 Å². The molecule has 2 rings (SSSR count). The first-order chi connectivity index (χ1) is 9.56. The summed E-state index contributed by atoms with van der Waals surface area (Å²) in [6, 6.07) is 12.6. The zero-order valence-electron chi connectivity index (χ0n) is 10.3. The van der Waals surface area contributed by atoms with E-state index in [0.29, 0.717) is 11.3 Å². The summed E-state index contributed by atoms with van der Waals surface area (Å²) in [7, 11) is 0. The lowest BCUT2D eigenvalue weighted by atomic mass is 10.1. The van der Waals surface area contributed by atoms with Gasteiger partial charge in [-0.1, -0.05) is 34.1 Å². The molecule has 0 saturated heterocycles. The fraction of sp³-hybridized carbons (Fsp3) is 0.0714. The molecule has 0 unspecified atom stereocenters. The third-order valence-corrected chi connectivity index (χ3v) is 3.09. The number of rotatable bonds is 5. The molecule has 0 radical (unpaired) electrons. The highest BCUT2D eigenvalue weighted by Crippen LogP contribution is 2.19. The van der Waals surface area contributed by atoms with Crippen LogP contribution in [0.4, 0.5) is 5.69 Å². The third kappa shape index (κ3) is 3.64. The third-order valence-electron chi connectivity index (χ3n) is 2.56. The number of non-ortho nitro benzene ring substituents is 1. The van der Waals surface area contributed by atoms with E-state index in [9.17, 15) is 14.9 Å². The number of carbonyl (C=O) groups excluding carboxylic acids is 1. The lowest BCUT2D eigenvalue weighted by Crippen LogP contribution is -2.11. The molecule has 2 aromatic rings. The number of halogens is 1. The van der Waals surface area contributed by atoms with E-state index in [4.69, 9.17) is 4.74 Å². The van der Waals surface area contributed by atoms with E-state index >= 15 is 0 Å². The van der Waals surface area contributed by atoms with Gasteiger partial charge in [0, 0.05) is 16.1 Å². The molecule has 6 heteroatoms. The molecule has 0 aliphatic heterocycles. The Kier molecular flexibility index (Phi) is 4.47. The molecule has 5 nitrogen and oxygen atoms in total. The number of nitro groups is 1. The van der Waals surface area contributed by atoms with Crippen molar-refractivity contribution in [3.05, 3.63) is 68.7 Å². The minimum atomic E-state index is -0.511. The highest BCUT2D eigenvalue weighted by molar-refractivity contribution is 9.10. The van der Waals surface area contributed by atoms with Gasteiger partial charge >= 0.3 is 0 Å². The second-order valence-corrected chi connectivity index (χ2v) is 4.89. The van der Waals surface area contributed by atoms with Crippen LogP contribution in [0.25, 0.3) is 0 Å². The molecule has 0 aliphatic carbocycles. The van der Waals surface area contributed by atoms with Gasteiger partial charge < -0.3 is 4.74 Å². The normalized spacial score (nSPS) is 10.1. The first-order valence-electron chi connectivity index (χ1n) is 5.72. The number of hydrogen-bond donors (Lipinski definition) is 0. The Morgan fingerprint density at radius 2 is 1.90 bits per heavy atom. The van der Waals surface area contributed by atoms with Crippen LogP contribution in [0.2, 0.25) is 0 Å². The molecule has 0 bridgehead atoms. The average Bonchev–Trinajstić information content (AvgIpc) is 2.46. The van der Waals surface area contributed by atoms with Crippen LogP contribution in [0.3, 0.4) is 0 Å². The van der Waals surface area contributed by atoms with Gasteiger partial charge in [0.1, 0.15) is 5.75 Å². The van der Waals surface area contributed by atoms with Crippen LogP contribution in [0.15, 0.2) is 53.0 Å². The van der Waals surface area contributed by atoms with E-state index in [0.717, 1.165) is 4.47 Å². The minimum Gasteiger partial charge on any atom is -0.485 e. The van der Waals surface area contributed by atoms with Gasteiger partial charge in [-0.05, 0) is 18.2 Å². The van der Waals surface area contributed by atoms with Gasteiger partial charge in [0.15, 0.2) is 12.4 Å². The zero-order valence-corrected chi connectivity index (χ0v) is 11.9. The number of hydrogen-bond acceptors (Lipinski definition) is 4. The first kappa shape index (κ1) is 14.2. The predicted molar refractivity (Wildman–Crippen MR) is 77.1 cm³/mol. The number of ketones is 1. The van der Waals surface area contributed by atoms with Crippen molar-refractivity contribution in [1.82, 2.24) is 0 Å². The topological polar surface area (TPSA) is 69.4 Å². The van der Waals surface area contributed by atoms with E-state index in [-0.39, 0.29) is 18.1 Å². The first-order valence-corrected chi connectivity index (χ1v) is 6.51. The Morgan fingerprint density at radius 3 is 2.55 bits per heavy atom. The van der Waals surface area contributed by atoms with Crippen LogP contribution in [0.5, 0.6) is 5.75 Å². The minimum absolute atomic E-state index is 0.0707. The number of benzene rings is 2. The number of carbonyl (C=O) groups is 1. The van der Waals surface area contributed by atoms with Crippen molar-refractivity contribution in [2.45, 2.75) is 0 Å². The second-order valence-electron chi connectivity index (χ2n) is 3.97. The highest BCUT2D eigenvalue weighted by atomic mass is 79.9. The smallest absolute Gasteiger partial charge is 0.273 e. The van der Waals surface area contributed by atoms with Crippen molar-refractivity contribution in [2.75, 3.05) is 6.61 Å². The SMILES string of the molecule is O=C(COc1cccc([N+](=O)[O-])c1)c1ccc(Br)cc1. The summed E-state index contributed by atoms with van der Waals surface area (Å²) in [5, 5.41) is 10.6. The number of nitro benzene ring substituents is 1. The van der Waals surface area contributed by atoms with Gasteiger partial charge in [-0.15, -0.1) is 0 Å². The maximum Gasteiger partial charge on any atom is 0.273 e. The molecular formula is C14H10BrNO4. The van der Waals surface area contributed by atoms with Gasteiger partial charge in [-0.2, -0.15) is 0 Å². The van der Waals surface area contributed by atoms with E-state index in [1.54, 1.807) is 30.3 Å². The van der Waals surface area contributed by atoms with E-state index in [1.807, 2.05) is 0 Å². The number of nitrogens with zero attached hydrogens (tertiary/aromatic N) is 1. The predicted octanol–water partition coefficient (Wildman–Crippen LogP) is 3.62. The van der Waals surface area contributed by atoms with Crippen LogP contribution in [-0.2, 0) is 0 Å². The van der Waals surface area contributed by atoms with Crippen molar-refractivity contribution in [2.24, 2.45) is 0 Å². The molecule has 0 heterocycles. The maximum atomic E-state index is 11.9. The van der Waals surface area contributed by atoms with Gasteiger partial charge in [0.05, 0.1) is 11.0 Å². The quantitative estimate of drug-likeness (QED) is 0.475. The second kappa shape index (κ2) is 6.29. The summed E-state index contributed by atoms with van der Waals surface area (Å²) < 4.78 is 6.16. The summed E-state index contributed by atoms with van der Waals surface area (Å²) in [5.41, 5.74) is 0.456. The van der Waals surface area contributed by atoms with Gasteiger partial charge in [-0.3, -0.25) is 14.9 Å². The lowest BCUT2D eigenvalue weighted by Gasteiger charge is -2.05. The van der Waals surface area contributed by atoms with Crippen LogP contribution >= 0.6 is 15.9 Å². The van der Waals surface area contributed by atoms with E-state index < -0.39 is 4.92 Å². The zero-order chi connectivity index (χ0) is 14.5. The van der Waals surface area contributed by atoms with Crippen molar-refractivity contribution in [3.63, 3.8) is 0 Å². The van der Waals surface area contributed by atoms with E-state index in [1.165, 1.54) is 18.2 Å².